The van der Waals surface area contributed by atoms with E-state index >= 15 is 0 Å². The lowest BCUT2D eigenvalue weighted by Gasteiger charge is -2.26. The van der Waals surface area contributed by atoms with Crippen LogP contribution in [0.15, 0.2) is 17.2 Å². The number of aryl methyl sites for hydroxylation is 1. The van der Waals surface area contributed by atoms with Crippen molar-refractivity contribution in [3.05, 3.63) is 28.5 Å². The van der Waals surface area contributed by atoms with E-state index in [1.165, 1.54) is 11.8 Å². The monoisotopic (exact) mass is 510 g/mol. The van der Waals surface area contributed by atoms with Gasteiger partial charge in [0.1, 0.15) is 5.82 Å². The molecule has 0 radical (unpaired) electrons. The molecule has 4 rings (SSSR count). The zero-order valence-corrected chi connectivity index (χ0v) is 20.4. The highest BCUT2D eigenvalue weighted by molar-refractivity contribution is 8.00. The van der Waals surface area contributed by atoms with Crippen LogP contribution in [0.3, 0.4) is 0 Å². The summed E-state index contributed by atoms with van der Waals surface area (Å²) in [6, 6.07) is 3.49. The zero-order valence-electron chi connectivity index (χ0n) is 18.8. The Morgan fingerprint density at radius 1 is 1.21 bits per heavy atom. The van der Waals surface area contributed by atoms with Crippen molar-refractivity contribution >= 4 is 35.5 Å². The fourth-order valence-electron chi connectivity index (χ4n) is 4.40. The molecule has 1 aromatic heterocycles. The van der Waals surface area contributed by atoms with Crippen LogP contribution in [-0.2, 0) is 17.8 Å². The van der Waals surface area contributed by atoms with Crippen LogP contribution in [0.2, 0.25) is 5.02 Å². The number of halogens is 1. The Balaban J connectivity index is 1.60. The summed E-state index contributed by atoms with van der Waals surface area (Å²) in [5.41, 5.74) is 0.738. The van der Waals surface area contributed by atoms with Gasteiger partial charge in [-0.1, -0.05) is 30.3 Å². The Labute approximate surface area is 206 Å². The number of rotatable bonds is 9. The summed E-state index contributed by atoms with van der Waals surface area (Å²) in [6.45, 7) is 2.43. The Hall–Kier alpha value is -2.59. The third-order valence-corrected chi connectivity index (χ3v) is 7.68. The van der Waals surface area contributed by atoms with Crippen molar-refractivity contribution in [3.8, 4) is 17.4 Å². The molecular weight excluding hydrogens is 484 g/mol. The summed E-state index contributed by atoms with van der Waals surface area (Å²) in [4.78, 5) is 27.3. The van der Waals surface area contributed by atoms with E-state index in [-0.39, 0.29) is 36.8 Å². The normalized spacial score (nSPS) is 19.2. The molecule has 1 saturated carbocycles. The molecule has 0 bridgehead atoms. The minimum absolute atomic E-state index is 0.129. The van der Waals surface area contributed by atoms with Crippen LogP contribution >= 0.6 is 23.4 Å². The lowest BCUT2D eigenvalue weighted by atomic mass is 9.87. The van der Waals surface area contributed by atoms with E-state index in [4.69, 9.17) is 35.9 Å². The predicted molar refractivity (Wildman–Crippen MR) is 125 cm³/mol. The van der Waals surface area contributed by atoms with Gasteiger partial charge in [0, 0.05) is 29.2 Å². The van der Waals surface area contributed by atoms with Crippen LogP contribution in [0.1, 0.15) is 56.8 Å². The molecular formula is C23H27ClN2O7S. The average molecular weight is 511 g/mol. The van der Waals surface area contributed by atoms with E-state index in [2.05, 4.69) is 0 Å². The molecule has 1 fully saturated rings. The first-order valence-electron chi connectivity index (χ1n) is 11.3. The number of carboxylic acids is 1. The van der Waals surface area contributed by atoms with E-state index in [0.717, 1.165) is 43.5 Å². The summed E-state index contributed by atoms with van der Waals surface area (Å²) in [5, 5.41) is 19.7. The van der Waals surface area contributed by atoms with Gasteiger partial charge in [0.25, 0.3) is 0 Å². The van der Waals surface area contributed by atoms with Crippen molar-refractivity contribution in [2.75, 3.05) is 6.79 Å². The quantitative estimate of drug-likeness (QED) is 0.424. The van der Waals surface area contributed by atoms with E-state index in [9.17, 15) is 14.7 Å². The van der Waals surface area contributed by atoms with Gasteiger partial charge in [-0.3, -0.25) is 9.36 Å². The third-order valence-electron chi connectivity index (χ3n) is 6.03. The highest BCUT2D eigenvalue weighted by atomic mass is 35.5. The number of carboxylic acid groups (broad SMARTS) is 2. The third kappa shape index (κ3) is 5.72. The summed E-state index contributed by atoms with van der Waals surface area (Å²) >= 11 is 7.99. The summed E-state index contributed by atoms with van der Waals surface area (Å²) in [6.07, 6.45) is 3.59. The first kappa shape index (κ1) is 24.5. The molecule has 0 atom stereocenters. The molecule has 1 aromatic carbocycles. The van der Waals surface area contributed by atoms with E-state index in [1.54, 1.807) is 16.7 Å². The molecule has 0 spiro atoms. The van der Waals surface area contributed by atoms with E-state index in [0.29, 0.717) is 28.0 Å². The number of aliphatic carboxylic acids is 1. The number of aromatic nitrogens is 2. The number of nitrogens with zero attached hydrogens (tertiary/aromatic N) is 2. The van der Waals surface area contributed by atoms with Crippen LogP contribution < -0.4 is 14.2 Å². The standard InChI is InChI=1S/C23H27ClN2O7S/c1-2-3-19-25-21(34-15-6-4-13(5-7-15)8-20(27)28)22(33-23(29)30)26(19)11-14-9-17-18(10-16(14)24)32-12-31-17/h9-10,13,15H,2-8,11-12H2,1H3,(H,27,28)(H,29,30). The van der Waals surface area contributed by atoms with Crippen molar-refractivity contribution in [2.24, 2.45) is 5.92 Å². The Bertz CT molecular complexity index is 1070. The highest BCUT2D eigenvalue weighted by Gasteiger charge is 2.29. The number of hydrogen-bond donors (Lipinski definition) is 2. The molecule has 2 aliphatic rings. The van der Waals surface area contributed by atoms with Gasteiger partial charge in [-0.05, 0) is 49.7 Å². The Morgan fingerprint density at radius 3 is 2.56 bits per heavy atom. The van der Waals surface area contributed by atoms with Crippen molar-refractivity contribution in [3.63, 3.8) is 0 Å². The Kier molecular flexibility index (Phi) is 7.77. The van der Waals surface area contributed by atoms with Gasteiger partial charge >= 0.3 is 12.1 Å². The molecule has 1 aliphatic carbocycles. The fourth-order valence-corrected chi connectivity index (χ4v) is 5.85. The second-order valence-corrected chi connectivity index (χ2v) is 10.2. The molecule has 34 heavy (non-hydrogen) atoms. The van der Waals surface area contributed by atoms with Crippen LogP contribution in [0, 0.1) is 5.92 Å². The maximum Gasteiger partial charge on any atom is 0.512 e. The number of hydrogen-bond acceptors (Lipinski definition) is 7. The molecule has 2 aromatic rings. The highest BCUT2D eigenvalue weighted by Crippen LogP contribution is 2.42. The maximum absolute atomic E-state index is 11.6. The number of thioether (sulfide) groups is 1. The summed E-state index contributed by atoms with van der Waals surface area (Å²) < 4.78 is 17.9. The van der Waals surface area contributed by atoms with Gasteiger partial charge in [0.2, 0.25) is 12.7 Å². The van der Waals surface area contributed by atoms with Crippen LogP contribution in [0.25, 0.3) is 0 Å². The first-order valence-corrected chi connectivity index (χ1v) is 12.6. The molecule has 0 unspecified atom stereocenters. The number of carbonyl (C=O) groups is 2. The number of benzene rings is 1. The smallest absolute Gasteiger partial charge is 0.481 e. The Morgan fingerprint density at radius 2 is 1.91 bits per heavy atom. The molecule has 9 nitrogen and oxygen atoms in total. The molecule has 184 valence electrons. The molecule has 11 heteroatoms. The van der Waals surface area contributed by atoms with Gasteiger partial charge in [-0.15, -0.1) is 0 Å². The zero-order chi connectivity index (χ0) is 24.2. The summed E-state index contributed by atoms with van der Waals surface area (Å²) in [7, 11) is 0. The van der Waals surface area contributed by atoms with Gasteiger partial charge in [-0.25, -0.2) is 9.78 Å². The van der Waals surface area contributed by atoms with Crippen molar-refractivity contribution in [2.45, 2.75) is 68.7 Å². The second-order valence-electron chi connectivity index (χ2n) is 8.50. The molecule has 1 aliphatic heterocycles. The number of fused-ring (bicyclic) bond motifs is 1. The minimum Gasteiger partial charge on any atom is -0.481 e. The van der Waals surface area contributed by atoms with Crippen molar-refractivity contribution < 1.29 is 34.0 Å². The van der Waals surface area contributed by atoms with Gasteiger partial charge < -0.3 is 24.4 Å². The van der Waals surface area contributed by atoms with Gasteiger partial charge in [0.05, 0.1) is 6.54 Å². The molecule has 2 N–H and O–H groups in total. The van der Waals surface area contributed by atoms with E-state index < -0.39 is 12.1 Å². The fraction of sp³-hybridized carbons (Fsp3) is 0.522. The summed E-state index contributed by atoms with van der Waals surface area (Å²) in [5.74, 6) is 1.48. The molecule has 2 heterocycles. The minimum atomic E-state index is -1.41. The largest absolute Gasteiger partial charge is 0.512 e. The van der Waals surface area contributed by atoms with Gasteiger partial charge in [0.15, 0.2) is 16.5 Å². The second kappa shape index (κ2) is 10.8. The van der Waals surface area contributed by atoms with Gasteiger partial charge in [-0.2, -0.15) is 0 Å². The van der Waals surface area contributed by atoms with Crippen LogP contribution in [0.5, 0.6) is 17.4 Å². The predicted octanol–water partition coefficient (Wildman–Crippen LogP) is 5.45. The lowest BCUT2D eigenvalue weighted by molar-refractivity contribution is -0.138. The van der Waals surface area contributed by atoms with Crippen molar-refractivity contribution in [1.82, 2.24) is 9.55 Å². The first-order chi connectivity index (χ1) is 16.3. The van der Waals surface area contributed by atoms with Crippen molar-refractivity contribution in [1.29, 1.82) is 0 Å². The van der Waals surface area contributed by atoms with E-state index in [1.807, 2.05) is 6.92 Å². The van der Waals surface area contributed by atoms with Crippen LogP contribution in [0.4, 0.5) is 4.79 Å². The SMILES string of the molecule is CCCc1nc(SC2CCC(CC(=O)O)CC2)c(OC(=O)O)n1Cc1cc2c(cc1Cl)OCO2. The molecule has 0 amide bonds. The lowest BCUT2D eigenvalue weighted by Crippen LogP contribution is -2.19. The number of imidazole rings is 1. The average Bonchev–Trinajstić information content (AvgIpc) is 3.34. The molecule has 0 saturated heterocycles. The number of ether oxygens (including phenoxy) is 3. The topological polar surface area (TPSA) is 120 Å². The van der Waals surface area contributed by atoms with Crippen LogP contribution in [-0.4, -0.2) is 43.9 Å². The maximum atomic E-state index is 11.6.